The lowest BCUT2D eigenvalue weighted by Crippen LogP contribution is -2.54. The van der Waals surface area contributed by atoms with Crippen molar-refractivity contribution in [2.75, 3.05) is 6.61 Å². The molecule has 2 amide bonds. The van der Waals surface area contributed by atoms with Gasteiger partial charge in [-0.1, -0.05) is 74.5 Å². The molecule has 2 N–H and O–H groups in total. The number of hydrogen-bond donors (Lipinski definition) is 2. The largest absolute Gasteiger partial charge is 0.455 e. The Kier molecular flexibility index (Phi) is 10.9. The van der Waals surface area contributed by atoms with E-state index in [4.69, 9.17) is 33.2 Å². The first kappa shape index (κ1) is 34.8. The van der Waals surface area contributed by atoms with E-state index >= 15 is 0 Å². The number of carbonyl (C=O) groups excluding carboxylic acids is 3. The first-order valence-corrected chi connectivity index (χ1v) is 16.1. The molecule has 0 radical (unpaired) electrons. The summed E-state index contributed by atoms with van der Waals surface area (Å²) in [6, 6.07) is 16.4. The van der Waals surface area contributed by atoms with E-state index in [0.29, 0.717) is 0 Å². The molecular formula is C35H46N2O10. The van der Waals surface area contributed by atoms with E-state index in [-0.39, 0.29) is 32.0 Å². The van der Waals surface area contributed by atoms with Crippen LogP contribution in [0.25, 0.3) is 0 Å². The van der Waals surface area contributed by atoms with Gasteiger partial charge in [-0.2, -0.15) is 0 Å². The Labute approximate surface area is 275 Å². The van der Waals surface area contributed by atoms with Gasteiger partial charge in [-0.3, -0.25) is 4.79 Å². The molecule has 0 bridgehead atoms. The van der Waals surface area contributed by atoms with Crippen molar-refractivity contribution >= 4 is 18.0 Å². The summed E-state index contributed by atoms with van der Waals surface area (Å²) in [7, 11) is 0. The molecule has 7 atom stereocenters. The number of carbonyl (C=O) groups is 3. The standard InChI is InChI=1S/C35H46N2O10/c1-21(2)17-25(31(39)43-28-27(26-20-42-34(3,4)45-26)44-32-29(28)46-35(5,6)47-32)36-30(38)24(18-22-13-9-7-10-14-22)37-33(40)41-19-23-15-11-8-12-16-23/h7-16,21,24-29,32H,17-20H2,1-6H3,(H,36,38)(H,37,40)/t24-,25-,26+,27-,28?,29?,32?/m1/s1. The molecule has 5 rings (SSSR count). The average Bonchev–Trinajstić information content (AvgIpc) is 3.64. The highest BCUT2D eigenvalue weighted by molar-refractivity contribution is 5.90. The van der Waals surface area contributed by atoms with Crippen molar-refractivity contribution in [2.45, 2.75) is 115 Å². The zero-order valence-electron chi connectivity index (χ0n) is 27.8. The van der Waals surface area contributed by atoms with Crippen LogP contribution in [-0.4, -0.2) is 78.9 Å². The summed E-state index contributed by atoms with van der Waals surface area (Å²) < 4.78 is 41.5. The van der Waals surface area contributed by atoms with Crippen LogP contribution in [0, 0.1) is 5.92 Å². The number of rotatable bonds is 12. The van der Waals surface area contributed by atoms with Gasteiger partial charge in [-0.25, -0.2) is 9.59 Å². The normalized spacial score (nSPS) is 27.1. The van der Waals surface area contributed by atoms with E-state index in [0.717, 1.165) is 11.1 Å². The Morgan fingerprint density at radius 1 is 0.830 bits per heavy atom. The zero-order chi connectivity index (χ0) is 33.8. The van der Waals surface area contributed by atoms with Gasteiger partial charge in [0.15, 0.2) is 30.1 Å². The summed E-state index contributed by atoms with van der Waals surface area (Å²) in [5.41, 5.74) is 1.62. The van der Waals surface area contributed by atoms with E-state index in [9.17, 15) is 14.4 Å². The highest BCUT2D eigenvalue weighted by Gasteiger charge is 2.60. The minimum atomic E-state index is -1.03. The molecule has 3 aliphatic rings. The van der Waals surface area contributed by atoms with Crippen molar-refractivity contribution in [3.63, 3.8) is 0 Å². The molecule has 12 nitrogen and oxygen atoms in total. The van der Waals surface area contributed by atoms with Crippen LogP contribution in [0.5, 0.6) is 0 Å². The lowest BCUT2D eigenvalue weighted by atomic mass is 10.0. The number of benzene rings is 2. The maximum absolute atomic E-state index is 13.9. The smallest absolute Gasteiger partial charge is 0.408 e. The fourth-order valence-electron chi connectivity index (χ4n) is 5.96. The van der Waals surface area contributed by atoms with E-state index in [1.165, 1.54) is 0 Å². The molecular weight excluding hydrogens is 608 g/mol. The van der Waals surface area contributed by atoms with Gasteiger partial charge >= 0.3 is 12.1 Å². The van der Waals surface area contributed by atoms with Crippen molar-refractivity contribution in [1.82, 2.24) is 10.6 Å². The zero-order valence-corrected chi connectivity index (χ0v) is 27.8. The number of esters is 1. The Hall–Kier alpha value is -3.55. The predicted octanol–water partition coefficient (Wildman–Crippen LogP) is 3.99. The van der Waals surface area contributed by atoms with E-state index < -0.39 is 72.3 Å². The molecule has 3 unspecified atom stereocenters. The van der Waals surface area contributed by atoms with Crippen molar-refractivity contribution < 1.29 is 47.5 Å². The highest BCUT2D eigenvalue weighted by atomic mass is 16.8. The molecule has 2 aromatic rings. The van der Waals surface area contributed by atoms with Crippen molar-refractivity contribution in [3.8, 4) is 0 Å². The summed E-state index contributed by atoms with van der Waals surface area (Å²) in [5, 5.41) is 5.53. The molecule has 0 aromatic heterocycles. The van der Waals surface area contributed by atoms with E-state index in [1.807, 2.05) is 74.5 Å². The molecule has 3 fully saturated rings. The van der Waals surface area contributed by atoms with Gasteiger partial charge in [0, 0.05) is 6.42 Å². The minimum absolute atomic E-state index is 0.0185. The van der Waals surface area contributed by atoms with E-state index in [2.05, 4.69) is 10.6 Å². The molecule has 256 valence electrons. The fraction of sp³-hybridized carbons (Fsp3) is 0.571. The summed E-state index contributed by atoms with van der Waals surface area (Å²) in [6.45, 7) is 11.3. The topological polar surface area (TPSA) is 140 Å². The van der Waals surface area contributed by atoms with Crippen LogP contribution >= 0.6 is 0 Å². The molecule has 12 heteroatoms. The number of ether oxygens (including phenoxy) is 7. The van der Waals surface area contributed by atoms with Gasteiger partial charge in [-0.15, -0.1) is 0 Å². The van der Waals surface area contributed by atoms with Crippen LogP contribution in [0.4, 0.5) is 4.79 Å². The summed E-state index contributed by atoms with van der Waals surface area (Å²) in [6.07, 6.45) is -3.95. The Morgan fingerprint density at radius 2 is 1.49 bits per heavy atom. The third-order valence-corrected chi connectivity index (χ3v) is 8.09. The predicted molar refractivity (Wildman–Crippen MR) is 169 cm³/mol. The second kappa shape index (κ2) is 14.7. The van der Waals surface area contributed by atoms with Gasteiger partial charge in [0.05, 0.1) is 6.61 Å². The van der Waals surface area contributed by atoms with Gasteiger partial charge in [-0.05, 0) is 51.2 Å². The number of hydrogen-bond acceptors (Lipinski definition) is 10. The quantitative estimate of drug-likeness (QED) is 0.323. The van der Waals surface area contributed by atoms with Crippen LogP contribution in [0.2, 0.25) is 0 Å². The van der Waals surface area contributed by atoms with Crippen LogP contribution < -0.4 is 10.6 Å². The number of amides is 2. The maximum Gasteiger partial charge on any atom is 0.408 e. The number of alkyl carbamates (subject to hydrolysis) is 1. The monoisotopic (exact) mass is 654 g/mol. The van der Waals surface area contributed by atoms with Gasteiger partial charge < -0.3 is 43.8 Å². The minimum Gasteiger partial charge on any atom is -0.455 e. The molecule has 2 aromatic carbocycles. The molecule has 3 aliphatic heterocycles. The molecule has 47 heavy (non-hydrogen) atoms. The lowest BCUT2D eigenvalue weighted by Gasteiger charge is -2.30. The summed E-state index contributed by atoms with van der Waals surface area (Å²) in [4.78, 5) is 40.6. The Bertz CT molecular complexity index is 1370. The molecule has 0 aliphatic carbocycles. The fourth-order valence-corrected chi connectivity index (χ4v) is 5.96. The van der Waals surface area contributed by atoms with Crippen molar-refractivity contribution in [3.05, 3.63) is 71.8 Å². The van der Waals surface area contributed by atoms with Crippen LogP contribution in [0.1, 0.15) is 59.1 Å². The molecule has 3 saturated heterocycles. The molecule has 0 saturated carbocycles. The SMILES string of the molecule is CC(C)C[C@@H](NC(=O)[C@@H](Cc1ccccc1)NC(=O)OCc1ccccc1)C(=O)OC1C2OC(C)(C)OC2O[C@@H]1[C@@H]1COC(C)(C)O1. The second-order valence-corrected chi connectivity index (χ2v) is 13.5. The second-order valence-electron chi connectivity index (χ2n) is 13.5. The first-order valence-electron chi connectivity index (χ1n) is 16.1. The Balaban J connectivity index is 1.30. The lowest BCUT2D eigenvalue weighted by molar-refractivity contribution is -0.235. The van der Waals surface area contributed by atoms with Crippen LogP contribution in [0.15, 0.2) is 60.7 Å². The molecule has 3 heterocycles. The van der Waals surface area contributed by atoms with Gasteiger partial charge in [0.25, 0.3) is 0 Å². The third kappa shape index (κ3) is 9.29. The number of fused-ring (bicyclic) bond motifs is 1. The highest BCUT2D eigenvalue weighted by Crippen LogP contribution is 2.42. The van der Waals surface area contributed by atoms with Crippen molar-refractivity contribution in [2.24, 2.45) is 5.92 Å². The van der Waals surface area contributed by atoms with Crippen molar-refractivity contribution in [1.29, 1.82) is 0 Å². The Morgan fingerprint density at radius 3 is 2.11 bits per heavy atom. The summed E-state index contributed by atoms with van der Waals surface area (Å²) >= 11 is 0. The third-order valence-electron chi connectivity index (χ3n) is 8.09. The maximum atomic E-state index is 13.9. The van der Waals surface area contributed by atoms with Gasteiger partial charge in [0.1, 0.15) is 30.9 Å². The van der Waals surface area contributed by atoms with Crippen LogP contribution in [-0.2, 0) is 55.8 Å². The van der Waals surface area contributed by atoms with E-state index in [1.54, 1.807) is 27.7 Å². The first-order chi connectivity index (χ1) is 22.3. The van der Waals surface area contributed by atoms with Crippen LogP contribution in [0.3, 0.4) is 0 Å². The summed E-state index contributed by atoms with van der Waals surface area (Å²) in [5.74, 6) is -2.99. The van der Waals surface area contributed by atoms with Gasteiger partial charge in [0.2, 0.25) is 5.91 Å². The average molecular weight is 655 g/mol. The number of nitrogens with one attached hydrogen (secondary N) is 2. The molecule has 0 spiro atoms.